The number of benzene rings is 9. The predicted molar refractivity (Wildman–Crippen MR) is 241 cm³/mol. The van der Waals surface area contributed by atoms with Gasteiger partial charge in [-0.1, -0.05) is 127 Å². The second-order valence-corrected chi connectivity index (χ2v) is 15.2. The quantitative estimate of drug-likeness (QED) is 0.180. The first-order valence-electron chi connectivity index (χ1n) is 19.8. The Morgan fingerprint density at radius 1 is 0.310 bits per heavy atom. The van der Waals surface area contributed by atoms with Crippen molar-refractivity contribution in [2.24, 2.45) is 0 Å². The van der Waals surface area contributed by atoms with Gasteiger partial charge in [0.2, 0.25) is 0 Å². The monoisotopic (exact) mass is 740 g/mol. The Morgan fingerprint density at radius 2 is 0.931 bits per heavy atom. The maximum absolute atomic E-state index is 6.65. The zero-order chi connectivity index (χ0) is 37.9. The summed E-state index contributed by atoms with van der Waals surface area (Å²) in [6.45, 7) is 0. The molecule has 0 radical (unpaired) electrons. The Kier molecular flexibility index (Phi) is 6.41. The fraction of sp³-hybridized carbons (Fsp3) is 0. The average molecular weight is 741 g/mol. The molecule has 9 aromatic carbocycles. The van der Waals surface area contributed by atoms with Crippen LogP contribution in [0.3, 0.4) is 0 Å². The van der Waals surface area contributed by atoms with Crippen LogP contribution in [-0.2, 0) is 0 Å². The highest BCUT2D eigenvalue weighted by Crippen LogP contribution is 2.46. The minimum absolute atomic E-state index is 0.885. The predicted octanol–water partition coefficient (Wildman–Crippen LogP) is 15.0. The first kappa shape index (κ1) is 31.4. The minimum Gasteiger partial charge on any atom is -0.456 e. The largest absolute Gasteiger partial charge is 0.456 e. The maximum atomic E-state index is 6.65. The van der Waals surface area contributed by atoms with Gasteiger partial charge in [0, 0.05) is 48.8 Å². The number of rotatable bonds is 4. The Hall–Kier alpha value is -7.82. The van der Waals surface area contributed by atoms with Gasteiger partial charge in [-0.25, -0.2) is 0 Å². The van der Waals surface area contributed by atoms with E-state index in [4.69, 9.17) is 8.83 Å². The van der Waals surface area contributed by atoms with E-state index in [0.29, 0.717) is 0 Å². The van der Waals surface area contributed by atoms with Gasteiger partial charge in [-0.2, -0.15) is 0 Å². The van der Waals surface area contributed by atoms with Crippen molar-refractivity contribution in [1.82, 2.24) is 9.13 Å². The lowest BCUT2D eigenvalue weighted by atomic mass is 9.90. The van der Waals surface area contributed by atoms with Gasteiger partial charge in [0.15, 0.2) is 5.58 Å². The molecule has 4 heterocycles. The third-order valence-corrected chi connectivity index (χ3v) is 12.1. The fourth-order valence-electron chi connectivity index (χ4n) is 9.64. The van der Waals surface area contributed by atoms with Crippen molar-refractivity contribution in [3.63, 3.8) is 0 Å². The van der Waals surface area contributed by atoms with Gasteiger partial charge in [0.1, 0.15) is 16.7 Å². The molecule has 4 heteroatoms. The molecule has 4 nitrogen and oxygen atoms in total. The molecule has 0 amide bonds. The number of nitrogens with zero attached hydrogens (tertiary/aromatic N) is 2. The van der Waals surface area contributed by atoms with E-state index in [2.05, 4.69) is 185 Å². The van der Waals surface area contributed by atoms with Crippen LogP contribution in [0, 0.1) is 0 Å². The first-order valence-corrected chi connectivity index (χ1v) is 19.8. The zero-order valence-corrected chi connectivity index (χ0v) is 31.2. The van der Waals surface area contributed by atoms with Crippen LogP contribution < -0.4 is 0 Å². The number of furan rings is 2. The van der Waals surface area contributed by atoms with Crippen LogP contribution in [-0.4, -0.2) is 9.13 Å². The fourth-order valence-corrected chi connectivity index (χ4v) is 9.64. The molecular weight excluding hydrogens is 709 g/mol. The van der Waals surface area contributed by atoms with E-state index in [1.54, 1.807) is 0 Å². The van der Waals surface area contributed by atoms with Crippen LogP contribution in [0.4, 0.5) is 0 Å². The summed E-state index contributed by atoms with van der Waals surface area (Å²) in [7, 11) is 0. The summed E-state index contributed by atoms with van der Waals surface area (Å²) < 4.78 is 17.7. The molecule has 13 aromatic rings. The van der Waals surface area contributed by atoms with Gasteiger partial charge >= 0.3 is 0 Å². The summed E-state index contributed by atoms with van der Waals surface area (Å²) in [4.78, 5) is 0. The molecule has 0 aliphatic carbocycles. The highest BCUT2D eigenvalue weighted by atomic mass is 16.3. The zero-order valence-electron chi connectivity index (χ0n) is 31.2. The lowest BCUT2D eigenvalue weighted by molar-refractivity contribution is 0.666. The van der Waals surface area contributed by atoms with E-state index < -0.39 is 0 Å². The van der Waals surface area contributed by atoms with Gasteiger partial charge in [-0.05, 0) is 89.0 Å². The molecule has 4 aromatic heterocycles. The molecule has 0 aliphatic heterocycles. The van der Waals surface area contributed by atoms with Crippen LogP contribution in [0.15, 0.2) is 203 Å². The van der Waals surface area contributed by atoms with E-state index in [1.165, 1.54) is 38.2 Å². The highest BCUT2D eigenvalue weighted by Gasteiger charge is 2.23. The molecule has 0 saturated heterocycles. The molecule has 13 rings (SSSR count). The van der Waals surface area contributed by atoms with E-state index in [1.807, 2.05) is 18.2 Å². The summed E-state index contributed by atoms with van der Waals surface area (Å²) in [6, 6.07) is 69.7. The lowest BCUT2D eigenvalue weighted by Crippen LogP contribution is -1.95. The molecule has 270 valence electrons. The summed E-state index contributed by atoms with van der Waals surface area (Å²) in [5.74, 6) is 0. The van der Waals surface area contributed by atoms with E-state index in [-0.39, 0.29) is 0 Å². The van der Waals surface area contributed by atoms with Crippen LogP contribution in [0.25, 0.3) is 121 Å². The standard InChI is InChI=1S/C54H32N2O2/c1-2-14-33(15-3-1)41-32-49-43(35-16-4-8-22-45(35)56(49)48-25-13-21-39-36-17-6-11-27-51(36)58-54(39)48)31-42(41)38-20-12-24-47-53(38)40-19-5-9-23-46(40)55(47)34-28-29-52-44(30-34)37-18-7-10-26-50(37)57-52/h1-32H. The molecule has 58 heavy (non-hydrogen) atoms. The topological polar surface area (TPSA) is 36.1 Å². The van der Waals surface area contributed by atoms with Gasteiger partial charge in [-0.3, -0.25) is 0 Å². The molecule has 0 bridgehead atoms. The molecule has 0 N–H and O–H groups in total. The van der Waals surface area contributed by atoms with Crippen molar-refractivity contribution < 1.29 is 8.83 Å². The number of hydrogen-bond donors (Lipinski definition) is 0. The van der Waals surface area contributed by atoms with Crippen molar-refractivity contribution >= 4 is 87.5 Å². The van der Waals surface area contributed by atoms with Gasteiger partial charge < -0.3 is 18.0 Å². The third kappa shape index (κ3) is 4.34. The highest BCUT2D eigenvalue weighted by molar-refractivity contribution is 6.20. The minimum atomic E-state index is 0.885. The normalized spacial score (nSPS) is 12.1. The number of hydrogen-bond acceptors (Lipinski definition) is 2. The SMILES string of the molecule is c1ccc(-c2cc3c(cc2-c2cccc4c2c2ccccc2n4-c2ccc4oc5ccccc5c4c2)c2ccccc2n3-c2cccc3c2oc2ccccc23)cc1. The van der Waals surface area contributed by atoms with Crippen molar-refractivity contribution in [3.05, 3.63) is 194 Å². The van der Waals surface area contributed by atoms with Crippen molar-refractivity contribution in [2.75, 3.05) is 0 Å². The summed E-state index contributed by atoms with van der Waals surface area (Å²) in [5, 5.41) is 9.29. The Balaban J connectivity index is 1.12. The smallest absolute Gasteiger partial charge is 0.159 e. The number of fused-ring (bicyclic) bond motifs is 12. The number of aromatic nitrogens is 2. The summed E-state index contributed by atoms with van der Waals surface area (Å²) in [6.07, 6.45) is 0. The van der Waals surface area contributed by atoms with Crippen molar-refractivity contribution in [2.45, 2.75) is 0 Å². The second-order valence-electron chi connectivity index (χ2n) is 15.2. The van der Waals surface area contributed by atoms with E-state index in [9.17, 15) is 0 Å². The van der Waals surface area contributed by atoms with Crippen molar-refractivity contribution in [3.8, 4) is 33.6 Å². The van der Waals surface area contributed by atoms with Crippen LogP contribution in [0.2, 0.25) is 0 Å². The van der Waals surface area contributed by atoms with E-state index >= 15 is 0 Å². The van der Waals surface area contributed by atoms with Crippen LogP contribution >= 0.6 is 0 Å². The maximum Gasteiger partial charge on any atom is 0.159 e. The third-order valence-electron chi connectivity index (χ3n) is 12.1. The molecular formula is C54H32N2O2. The van der Waals surface area contributed by atoms with E-state index in [0.717, 1.165) is 82.9 Å². The first-order chi connectivity index (χ1) is 28.8. The molecule has 0 fully saturated rings. The Labute approximate surface area is 332 Å². The van der Waals surface area contributed by atoms with Gasteiger partial charge in [0.05, 0.1) is 27.8 Å². The van der Waals surface area contributed by atoms with Crippen LogP contribution in [0.1, 0.15) is 0 Å². The van der Waals surface area contributed by atoms with Crippen LogP contribution in [0.5, 0.6) is 0 Å². The van der Waals surface area contributed by atoms with Gasteiger partial charge in [-0.15, -0.1) is 0 Å². The molecule has 0 unspecified atom stereocenters. The number of para-hydroxylation sites is 5. The lowest BCUT2D eigenvalue weighted by Gasteiger charge is -2.15. The second kappa shape index (κ2) is 11.8. The molecule has 0 saturated carbocycles. The summed E-state index contributed by atoms with van der Waals surface area (Å²) in [5.41, 5.74) is 15.0. The summed E-state index contributed by atoms with van der Waals surface area (Å²) >= 11 is 0. The molecule has 0 spiro atoms. The van der Waals surface area contributed by atoms with Gasteiger partial charge in [0.25, 0.3) is 0 Å². The Bertz CT molecular complexity index is 3800. The molecule has 0 aliphatic rings. The Morgan fingerprint density at radius 3 is 1.76 bits per heavy atom. The van der Waals surface area contributed by atoms with Crippen molar-refractivity contribution in [1.29, 1.82) is 0 Å². The molecule has 0 atom stereocenters. The average Bonchev–Trinajstić information content (AvgIpc) is 4.04.